The van der Waals surface area contributed by atoms with Crippen LogP contribution in [-0.4, -0.2) is 38.5 Å². The van der Waals surface area contributed by atoms with Gasteiger partial charge in [-0.15, -0.1) is 0 Å². The maximum atomic E-state index is 8.92. The van der Waals surface area contributed by atoms with Gasteiger partial charge < -0.3 is 9.84 Å². The van der Waals surface area contributed by atoms with Crippen molar-refractivity contribution in [2.24, 2.45) is 5.92 Å². The molecular formula is C10H16ClN3O2S. The number of hydrogen-bond acceptors (Lipinski definition) is 6. The normalized spacial score (nSPS) is 12.8. The Kier molecular flexibility index (Phi) is 5.94. The van der Waals surface area contributed by atoms with E-state index in [-0.39, 0.29) is 29.9 Å². The number of aliphatic hydroxyl groups excluding tert-OH is 1. The summed E-state index contributed by atoms with van der Waals surface area (Å²) < 4.78 is 5.36. The molecule has 96 valence electrons. The molecule has 0 spiro atoms. The molecule has 0 aliphatic heterocycles. The maximum Gasteiger partial charge on any atom is 0.321 e. The van der Waals surface area contributed by atoms with Crippen LogP contribution in [0.4, 0.5) is 0 Å². The number of aliphatic hydroxyl groups is 1. The van der Waals surface area contributed by atoms with Gasteiger partial charge in [0.1, 0.15) is 0 Å². The van der Waals surface area contributed by atoms with Crippen molar-refractivity contribution in [1.82, 2.24) is 15.0 Å². The highest BCUT2D eigenvalue weighted by atomic mass is 35.5. The second-order valence-electron chi connectivity index (χ2n) is 3.93. The molecule has 0 bridgehead atoms. The topological polar surface area (TPSA) is 68.1 Å². The minimum atomic E-state index is -0.0114. The summed E-state index contributed by atoms with van der Waals surface area (Å²) in [5.74, 6) is 0.905. The molecule has 7 heteroatoms. The SMILES string of the molecule is CC(CO)CSc1nc(Cl)nc(OC(C)C)n1. The average molecular weight is 278 g/mol. The molecule has 0 aliphatic carbocycles. The van der Waals surface area contributed by atoms with E-state index in [9.17, 15) is 0 Å². The Bertz CT molecular complexity index is 365. The molecule has 1 N–H and O–H groups in total. The van der Waals surface area contributed by atoms with Gasteiger partial charge in [0.2, 0.25) is 5.28 Å². The van der Waals surface area contributed by atoms with Crippen molar-refractivity contribution < 1.29 is 9.84 Å². The third kappa shape index (κ3) is 5.52. The molecule has 0 aromatic carbocycles. The highest BCUT2D eigenvalue weighted by Gasteiger charge is 2.09. The molecule has 1 aromatic rings. The first-order valence-electron chi connectivity index (χ1n) is 5.33. The summed E-state index contributed by atoms with van der Waals surface area (Å²) in [6.07, 6.45) is -0.0114. The van der Waals surface area contributed by atoms with Crippen molar-refractivity contribution in [1.29, 1.82) is 0 Å². The molecule has 0 amide bonds. The highest BCUT2D eigenvalue weighted by Crippen LogP contribution is 2.20. The molecule has 0 fully saturated rings. The molecule has 0 aliphatic rings. The van der Waals surface area contributed by atoms with Gasteiger partial charge in [0.25, 0.3) is 0 Å². The van der Waals surface area contributed by atoms with Gasteiger partial charge in [0.05, 0.1) is 6.10 Å². The zero-order valence-electron chi connectivity index (χ0n) is 10.1. The molecule has 0 saturated heterocycles. The average Bonchev–Trinajstić information content (AvgIpc) is 2.24. The van der Waals surface area contributed by atoms with Crippen LogP contribution < -0.4 is 4.74 Å². The second kappa shape index (κ2) is 6.98. The number of ether oxygens (including phenoxy) is 1. The molecule has 1 rings (SSSR count). The van der Waals surface area contributed by atoms with Gasteiger partial charge in [-0.05, 0) is 31.4 Å². The van der Waals surface area contributed by atoms with Gasteiger partial charge in [-0.3, -0.25) is 0 Å². The van der Waals surface area contributed by atoms with Gasteiger partial charge in [0.15, 0.2) is 5.16 Å². The van der Waals surface area contributed by atoms with Crippen LogP contribution in [0.2, 0.25) is 5.28 Å². The van der Waals surface area contributed by atoms with Crippen LogP contribution in [0.15, 0.2) is 5.16 Å². The lowest BCUT2D eigenvalue weighted by Gasteiger charge is -2.09. The quantitative estimate of drug-likeness (QED) is 0.803. The Labute approximate surface area is 110 Å². The zero-order valence-corrected chi connectivity index (χ0v) is 11.6. The fraction of sp³-hybridized carbons (Fsp3) is 0.700. The lowest BCUT2D eigenvalue weighted by atomic mass is 10.2. The fourth-order valence-corrected chi connectivity index (χ4v) is 1.95. The van der Waals surface area contributed by atoms with Gasteiger partial charge in [-0.25, -0.2) is 0 Å². The molecule has 0 radical (unpaired) electrons. The molecule has 5 nitrogen and oxygen atoms in total. The molecular weight excluding hydrogens is 262 g/mol. The van der Waals surface area contributed by atoms with Crippen LogP contribution in [0.1, 0.15) is 20.8 Å². The maximum absolute atomic E-state index is 8.92. The Balaban J connectivity index is 2.68. The number of nitrogens with zero attached hydrogens (tertiary/aromatic N) is 3. The van der Waals surface area contributed by atoms with E-state index in [1.54, 1.807) is 0 Å². The Hall–Kier alpha value is -0.590. The van der Waals surface area contributed by atoms with Crippen LogP contribution in [0, 0.1) is 5.92 Å². The van der Waals surface area contributed by atoms with Crippen molar-refractivity contribution in [2.75, 3.05) is 12.4 Å². The smallest absolute Gasteiger partial charge is 0.321 e. The lowest BCUT2D eigenvalue weighted by Crippen LogP contribution is -2.10. The van der Waals surface area contributed by atoms with Crippen LogP contribution in [0.25, 0.3) is 0 Å². The van der Waals surface area contributed by atoms with E-state index < -0.39 is 0 Å². The number of thioether (sulfide) groups is 1. The van der Waals surface area contributed by atoms with Gasteiger partial charge in [-0.2, -0.15) is 15.0 Å². The van der Waals surface area contributed by atoms with E-state index in [1.165, 1.54) is 11.8 Å². The molecule has 1 atom stereocenters. The van der Waals surface area contributed by atoms with E-state index in [0.29, 0.717) is 5.16 Å². The summed E-state index contributed by atoms with van der Waals surface area (Å²) in [5, 5.41) is 9.56. The predicted octanol–water partition coefficient (Wildman–Crippen LogP) is 2.03. The fourth-order valence-electron chi connectivity index (χ4n) is 0.912. The second-order valence-corrected chi connectivity index (χ2v) is 5.26. The Morgan fingerprint density at radius 3 is 2.59 bits per heavy atom. The van der Waals surface area contributed by atoms with Crippen LogP contribution in [-0.2, 0) is 0 Å². The number of rotatable bonds is 6. The zero-order chi connectivity index (χ0) is 12.8. The lowest BCUT2D eigenvalue weighted by molar-refractivity contribution is 0.219. The number of aromatic nitrogens is 3. The van der Waals surface area contributed by atoms with E-state index >= 15 is 0 Å². The third-order valence-electron chi connectivity index (χ3n) is 1.72. The first-order valence-corrected chi connectivity index (χ1v) is 6.69. The summed E-state index contributed by atoms with van der Waals surface area (Å²) in [5.41, 5.74) is 0. The van der Waals surface area contributed by atoms with Crippen molar-refractivity contribution >= 4 is 23.4 Å². The summed E-state index contributed by atoms with van der Waals surface area (Å²) in [6, 6.07) is 0.235. The first kappa shape index (κ1) is 14.5. The standard InChI is InChI=1S/C10H16ClN3O2S/c1-6(2)16-9-12-8(11)13-10(14-9)17-5-7(3)4-15/h6-7,15H,4-5H2,1-3H3. The van der Waals surface area contributed by atoms with Crippen molar-refractivity contribution in [2.45, 2.75) is 32.0 Å². The highest BCUT2D eigenvalue weighted by molar-refractivity contribution is 7.99. The van der Waals surface area contributed by atoms with E-state index in [0.717, 1.165) is 5.75 Å². The third-order valence-corrected chi connectivity index (χ3v) is 3.06. The summed E-state index contributed by atoms with van der Waals surface area (Å²) in [7, 11) is 0. The van der Waals surface area contributed by atoms with Crippen molar-refractivity contribution in [3.63, 3.8) is 0 Å². The summed E-state index contributed by atoms with van der Waals surface area (Å²) in [4.78, 5) is 12.0. The monoisotopic (exact) mass is 277 g/mol. The minimum Gasteiger partial charge on any atom is -0.461 e. The van der Waals surface area contributed by atoms with Crippen molar-refractivity contribution in [3.8, 4) is 6.01 Å². The molecule has 1 aromatic heterocycles. The first-order chi connectivity index (χ1) is 8.01. The molecule has 1 heterocycles. The van der Waals surface area contributed by atoms with E-state index in [2.05, 4.69) is 15.0 Å². The summed E-state index contributed by atoms with van der Waals surface area (Å²) >= 11 is 7.20. The number of halogens is 1. The largest absolute Gasteiger partial charge is 0.461 e. The van der Waals surface area contributed by atoms with Crippen LogP contribution in [0.3, 0.4) is 0 Å². The van der Waals surface area contributed by atoms with Crippen LogP contribution in [0.5, 0.6) is 6.01 Å². The van der Waals surface area contributed by atoms with E-state index in [1.807, 2.05) is 20.8 Å². The molecule has 1 unspecified atom stereocenters. The minimum absolute atomic E-state index is 0.0114. The predicted molar refractivity (Wildman–Crippen MR) is 67.6 cm³/mol. The molecule has 17 heavy (non-hydrogen) atoms. The van der Waals surface area contributed by atoms with Gasteiger partial charge >= 0.3 is 6.01 Å². The molecule has 0 saturated carbocycles. The number of hydrogen-bond donors (Lipinski definition) is 1. The van der Waals surface area contributed by atoms with E-state index in [4.69, 9.17) is 21.4 Å². The van der Waals surface area contributed by atoms with Crippen LogP contribution >= 0.6 is 23.4 Å². The summed E-state index contributed by atoms with van der Waals surface area (Å²) in [6.45, 7) is 5.86. The van der Waals surface area contributed by atoms with Crippen molar-refractivity contribution in [3.05, 3.63) is 5.28 Å². The Morgan fingerprint density at radius 2 is 2.00 bits per heavy atom. The van der Waals surface area contributed by atoms with Gasteiger partial charge in [-0.1, -0.05) is 18.7 Å². The Morgan fingerprint density at radius 1 is 1.29 bits per heavy atom. The van der Waals surface area contributed by atoms with Gasteiger partial charge in [0, 0.05) is 12.4 Å².